The lowest BCUT2D eigenvalue weighted by Gasteiger charge is -2.11. The molecule has 0 fully saturated rings. The summed E-state index contributed by atoms with van der Waals surface area (Å²) in [7, 11) is 0. The fourth-order valence-electron chi connectivity index (χ4n) is 2.66. The molecule has 0 aliphatic carbocycles. The van der Waals surface area contributed by atoms with E-state index in [1.54, 1.807) is 35.0 Å². The van der Waals surface area contributed by atoms with E-state index < -0.39 is 0 Å². The molecular weight excluding hydrogens is 430 g/mol. The molecule has 1 amide bonds. The van der Waals surface area contributed by atoms with Crippen molar-refractivity contribution < 1.29 is 4.79 Å². The molecule has 2 aromatic carbocycles. The number of carbonyl (C=O) groups is 1. The molecular formula is C18H16Cl4N4O. The largest absolute Gasteiger partial charge is 0.338 e. The number of aromatic nitrogens is 2. The number of benzene rings is 2. The summed E-state index contributed by atoms with van der Waals surface area (Å²) in [6.07, 6.45) is 0. The Bertz CT molecular complexity index is 970. The number of nitrogens with one attached hydrogen (secondary N) is 1. The van der Waals surface area contributed by atoms with Gasteiger partial charge in [0, 0.05) is 21.2 Å². The third kappa shape index (κ3) is 4.39. The molecule has 27 heavy (non-hydrogen) atoms. The van der Waals surface area contributed by atoms with Crippen LogP contribution < -0.4 is 11.1 Å². The highest BCUT2D eigenvalue weighted by molar-refractivity contribution is 6.35. The summed E-state index contributed by atoms with van der Waals surface area (Å²) in [6.45, 7) is 1.84. The lowest BCUT2D eigenvalue weighted by Crippen LogP contribution is -2.30. The van der Waals surface area contributed by atoms with Crippen LogP contribution in [0.2, 0.25) is 15.1 Å². The summed E-state index contributed by atoms with van der Waals surface area (Å²) >= 11 is 18.4. The first-order valence-corrected chi connectivity index (χ1v) is 8.85. The Kier molecular flexibility index (Phi) is 7.14. The molecule has 3 N–H and O–H groups in total. The Labute approximate surface area is 177 Å². The van der Waals surface area contributed by atoms with Crippen LogP contribution in [0.15, 0.2) is 42.5 Å². The number of hydrogen-bond acceptors (Lipinski definition) is 3. The van der Waals surface area contributed by atoms with Crippen molar-refractivity contribution >= 4 is 53.1 Å². The maximum Gasteiger partial charge on any atom is 0.273 e. The van der Waals surface area contributed by atoms with Crippen LogP contribution in [0.4, 0.5) is 0 Å². The van der Waals surface area contributed by atoms with Gasteiger partial charge in [-0.15, -0.1) is 12.4 Å². The van der Waals surface area contributed by atoms with E-state index in [9.17, 15) is 4.79 Å². The van der Waals surface area contributed by atoms with Crippen molar-refractivity contribution in [2.24, 2.45) is 5.73 Å². The van der Waals surface area contributed by atoms with Crippen LogP contribution in [0.1, 0.15) is 16.1 Å². The van der Waals surface area contributed by atoms with Gasteiger partial charge in [0.15, 0.2) is 5.69 Å². The topological polar surface area (TPSA) is 72.9 Å². The minimum absolute atomic E-state index is 0. The van der Waals surface area contributed by atoms with Gasteiger partial charge in [-0.25, -0.2) is 4.68 Å². The Morgan fingerprint density at radius 3 is 2.33 bits per heavy atom. The van der Waals surface area contributed by atoms with E-state index in [4.69, 9.17) is 40.5 Å². The lowest BCUT2D eigenvalue weighted by atomic mass is 10.1. The van der Waals surface area contributed by atoms with E-state index in [1.165, 1.54) is 0 Å². The molecule has 3 rings (SSSR count). The number of hydrogen-bond donors (Lipinski definition) is 2. The maximum atomic E-state index is 12.3. The van der Waals surface area contributed by atoms with Crippen LogP contribution in [0.3, 0.4) is 0 Å². The molecule has 3 aromatic rings. The molecule has 1 heterocycles. The third-order valence-corrected chi connectivity index (χ3v) is 4.65. The fourth-order valence-corrected chi connectivity index (χ4v) is 3.28. The number of nitrogens with zero attached hydrogens (tertiary/aromatic N) is 2. The summed E-state index contributed by atoms with van der Waals surface area (Å²) < 4.78 is 1.63. The Morgan fingerprint density at radius 1 is 1.11 bits per heavy atom. The van der Waals surface area contributed by atoms with Gasteiger partial charge in [0.05, 0.1) is 23.1 Å². The zero-order valence-corrected chi connectivity index (χ0v) is 17.3. The molecule has 0 aliphatic rings. The smallest absolute Gasteiger partial charge is 0.273 e. The second kappa shape index (κ2) is 8.95. The van der Waals surface area contributed by atoms with Crippen LogP contribution in [-0.2, 0) is 0 Å². The van der Waals surface area contributed by atoms with Gasteiger partial charge in [-0.1, -0.05) is 46.9 Å². The molecule has 0 atom stereocenters. The molecule has 0 saturated heterocycles. The Hall–Kier alpha value is -1.76. The number of rotatable bonds is 4. The average Bonchev–Trinajstić information content (AvgIpc) is 2.93. The average molecular weight is 446 g/mol. The second-order valence-corrected chi connectivity index (χ2v) is 6.83. The monoisotopic (exact) mass is 444 g/mol. The zero-order valence-electron chi connectivity index (χ0n) is 14.2. The zero-order chi connectivity index (χ0) is 18.8. The Morgan fingerprint density at radius 2 is 1.74 bits per heavy atom. The van der Waals surface area contributed by atoms with Crippen LogP contribution in [0.5, 0.6) is 0 Å². The third-order valence-electron chi connectivity index (χ3n) is 3.86. The molecule has 0 aliphatic heterocycles. The lowest BCUT2D eigenvalue weighted by molar-refractivity contribution is 0.0949. The van der Waals surface area contributed by atoms with E-state index >= 15 is 0 Å². The first kappa shape index (κ1) is 21.5. The van der Waals surface area contributed by atoms with Crippen molar-refractivity contribution in [3.63, 3.8) is 0 Å². The summed E-state index contributed by atoms with van der Waals surface area (Å²) in [5.74, 6) is -0.357. The normalized spacial score (nSPS) is 10.4. The molecule has 9 heteroatoms. The van der Waals surface area contributed by atoms with Crippen molar-refractivity contribution in [3.05, 3.63) is 68.8 Å². The van der Waals surface area contributed by atoms with Crippen molar-refractivity contribution in [3.8, 4) is 16.9 Å². The van der Waals surface area contributed by atoms with Crippen LogP contribution in [0.25, 0.3) is 16.9 Å². The number of nitrogens with two attached hydrogens (primary N) is 1. The van der Waals surface area contributed by atoms with E-state index in [-0.39, 0.29) is 30.7 Å². The van der Waals surface area contributed by atoms with E-state index in [0.717, 1.165) is 11.3 Å². The van der Waals surface area contributed by atoms with Gasteiger partial charge in [-0.2, -0.15) is 5.10 Å². The van der Waals surface area contributed by atoms with E-state index in [0.29, 0.717) is 26.3 Å². The molecule has 0 unspecified atom stereocenters. The van der Waals surface area contributed by atoms with Gasteiger partial charge in [-0.3, -0.25) is 4.79 Å². The summed E-state index contributed by atoms with van der Waals surface area (Å²) in [5, 5.41) is 8.59. The number of carbonyl (C=O) groups excluding carboxylic acids is 1. The van der Waals surface area contributed by atoms with E-state index in [1.807, 2.05) is 19.1 Å². The fraction of sp³-hybridized carbons (Fsp3) is 0.111. The molecule has 0 spiro atoms. The minimum atomic E-state index is -0.357. The maximum absolute atomic E-state index is 12.3. The van der Waals surface area contributed by atoms with Crippen LogP contribution in [-0.4, -0.2) is 22.4 Å². The van der Waals surface area contributed by atoms with Crippen LogP contribution in [0, 0.1) is 6.92 Å². The number of halogens is 4. The highest BCUT2D eigenvalue weighted by Crippen LogP contribution is 2.33. The van der Waals surface area contributed by atoms with Gasteiger partial charge in [0.25, 0.3) is 5.91 Å². The van der Waals surface area contributed by atoms with Crippen molar-refractivity contribution in [2.45, 2.75) is 6.92 Å². The van der Waals surface area contributed by atoms with Gasteiger partial charge >= 0.3 is 0 Å². The number of amides is 1. The molecule has 5 nitrogen and oxygen atoms in total. The first-order chi connectivity index (χ1) is 12.4. The minimum Gasteiger partial charge on any atom is -0.338 e. The predicted molar refractivity (Wildman–Crippen MR) is 113 cm³/mol. The van der Waals surface area contributed by atoms with Crippen LogP contribution >= 0.6 is 47.2 Å². The van der Waals surface area contributed by atoms with Gasteiger partial charge in [-0.05, 0) is 37.3 Å². The summed E-state index contributed by atoms with van der Waals surface area (Å²) in [6, 6.07) is 12.4. The van der Waals surface area contributed by atoms with Gasteiger partial charge in [0.1, 0.15) is 0 Å². The first-order valence-electron chi connectivity index (χ1n) is 7.71. The molecule has 0 radical (unpaired) electrons. The molecule has 142 valence electrons. The summed E-state index contributed by atoms with van der Waals surface area (Å²) in [5.41, 5.74) is 8.57. The molecule has 1 aromatic heterocycles. The van der Waals surface area contributed by atoms with Gasteiger partial charge < -0.3 is 11.1 Å². The van der Waals surface area contributed by atoms with Crippen molar-refractivity contribution in [1.82, 2.24) is 15.1 Å². The highest BCUT2D eigenvalue weighted by Gasteiger charge is 2.22. The van der Waals surface area contributed by atoms with Crippen molar-refractivity contribution in [2.75, 3.05) is 6.67 Å². The SMILES string of the molecule is Cc1c(C(=O)NCN)nn(-c2ccc(Cl)cc2Cl)c1-c1ccc(Cl)cc1.Cl. The van der Waals surface area contributed by atoms with Crippen molar-refractivity contribution in [1.29, 1.82) is 0 Å². The predicted octanol–water partition coefficient (Wildman–Crippen LogP) is 4.88. The highest BCUT2D eigenvalue weighted by atomic mass is 35.5. The van der Waals surface area contributed by atoms with Gasteiger partial charge in [0.2, 0.25) is 0 Å². The molecule has 0 bridgehead atoms. The summed E-state index contributed by atoms with van der Waals surface area (Å²) in [4.78, 5) is 12.3. The standard InChI is InChI=1S/C18H15Cl3N4O.ClH/c1-10-16(18(26)23-9-22)24-25(15-7-6-13(20)8-14(15)21)17(10)11-2-4-12(19)5-3-11;/h2-8H,9,22H2,1H3,(H,23,26);1H. The second-order valence-electron chi connectivity index (χ2n) is 5.55. The molecule has 0 saturated carbocycles. The Balaban J connectivity index is 0.00000261. The quantitative estimate of drug-likeness (QED) is 0.562. The van der Waals surface area contributed by atoms with E-state index in [2.05, 4.69) is 10.4 Å².